The van der Waals surface area contributed by atoms with E-state index >= 15 is 0 Å². The van der Waals surface area contributed by atoms with Crippen molar-refractivity contribution in [1.29, 1.82) is 0 Å². The van der Waals surface area contributed by atoms with E-state index in [1.54, 1.807) is 22.9 Å². The normalized spacial score (nSPS) is 10.6. The van der Waals surface area contributed by atoms with Crippen LogP contribution in [0.15, 0.2) is 35.1 Å². The first kappa shape index (κ1) is 13.9. The van der Waals surface area contributed by atoms with Crippen molar-refractivity contribution >= 4 is 11.7 Å². The second-order valence-electron chi connectivity index (χ2n) is 4.83. The second-order valence-corrected chi connectivity index (χ2v) is 4.83. The van der Waals surface area contributed by atoms with Crippen molar-refractivity contribution in [3.8, 4) is 5.82 Å². The molecule has 0 aliphatic rings. The van der Waals surface area contributed by atoms with Gasteiger partial charge in [0.15, 0.2) is 5.82 Å². The van der Waals surface area contributed by atoms with E-state index in [1.807, 2.05) is 19.9 Å². The van der Waals surface area contributed by atoms with Gasteiger partial charge in [-0.1, -0.05) is 5.16 Å². The molecule has 0 radical (unpaired) electrons. The minimum absolute atomic E-state index is 0.125. The van der Waals surface area contributed by atoms with Crippen LogP contribution in [0.3, 0.4) is 0 Å². The Morgan fingerprint density at radius 2 is 2.09 bits per heavy atom. The van der Waals surface area contributed by atoms with E-state index in [-0.39, 0.29) is 12.3 Å². The highest BCUT2D eigenvalue weighted by molar-refractivity contribution is 5.91. The molecular formula is C14H14N6O2. The molecule has 1 amide bonds. The molecule has 8 heteroatoms. The van der Waals surface area contributed by atoms with E-state index in [1.165, 1.54) is 6.26 Å². The summed E-state index contributed by atoms with van der Waals surface area (Å²) in [6, 6.07) is 7.04. The SMILES string of the molecule is Cc1ccc(-n2nc(C)cc2NC(=O)Cc2ccon2)nn1. The Kier molecular flexibility index (Phi) is 3.65. The Morgan fingerprint density at radius 3 is 2.77 bits per heavy atom. The van der Waals surface area contributed by atoms with Gasteiger partial charge < -0.3 is 9.84 Å². The van der Waals surface area contributed by atoms with Crippen LogP contribution in [-0.4, -0.2) is 31.0 Å². The number of aromatic nitrogens is 5. The van der Waals surface area contributed by atoms with E-state index in [0.717, 1.165) is 11.4 Å². The van der Waals surface area contributed by atoms with Gasteiger partial charge in [0.25, 0.3) is 0 Å². The summed E-state index contributed by atoms with van der Waals surface area (Å²) in [7, 11) is 0. The van der Waals surface area contributed by atoms with E-state index in [0.29, 0.717) is 17.3 Å². The molecule has 3 heterocycles. The predicted molar refractivity (Wildman–Crippen MR) is 77.5 cm³/mol. The number of hydrogen-bond donors (Lipinski definition) is 1. The summed E-state index contributed by atoms with van der Waals surface area (Å²) in [5.41, 5.74) is 2.14. The van der Waals surface area contributed by atoms with Crippen LogP contribution in [-0.2, 0) is 11.2 Å². The summed E-state index contributed by atoms with van der Waals surface area (Å²) < 4.78 is 6.25. The number of nitrogens with one attached hydrogen (secondary N) is 1. The zero-order valence-electron chi connectivity index (χ0n) is 12.1. The van der Waals surface area contributed by atoms with Crippen molar-refractivity contribution < 1.29 is 9.32 Å². The summed E-state index contributed by atoms with van der Waals surface area (Å²) in [6.07, 6.45) is 1.55. The third-order valence-electron chi connectivity index (χ3n) is 2.93. The molecule has 0 spiro atoms. The second kappa shape index (κ2) is 5.76. The van der Waals surface area contributed by atoms with Gasteiger partial charge in [0.1, 0.15) is 12.1 Å². The number of rotatable bonds is 4. The molecule has 22 heavy (non-hydrogen) atoms. The summed E-state index contributed by atoms with van der Waals surface area (Å²) in [5, 5.41) is 18.9. The van der Waals surface area contributed by atoms with Crippen molar-refractivity contribution in [2.75, 3.05) is 5.32 Å². The molecule has 0 saturated carbocycles. The Labute approximate surface area is 126 Å². The van der Waals surface area contributed by atoms with Crippen molar-refractivity contribution in [2.24, 2.45) is 0 Å². The average molecular weight is 298 g/mol. The standard InChI is InChI=1S/C14H14N6O2/c1-9-3-4-12(17-16-9)20-13(7-10(2)18-20)15-14(21)8-11-5-6-22-19-11/h3-7H,8H2,1-2H3,(H,15,21). The van der Waals surface area contributed by atoms with Crippen molar-refractivity contribution in [2.45, 2.75) is 20.3 Å². The van der Waals surface area contributed by atoms with Gasteiger partial charge in [0.05, 0.1) is 23.5 Å². The third-order valence-corrected chi connectivity index (χ3v) is 2.93. The lowest BCUT2D eigenvalue weighted by Gasteiger charge is -2.07. The van der Waals surface area contributed by atoms with Crippen LogP contribution in [0.4, 0.5) is 5.82 Å². The zero-order chi connectivity index (χ0) is 15.5. The fourth-order valence-corrected chi connectivity index (χ4v) is 1.95. The van der Waals surface area contributed by atoms with Crippen molar-refractivity contribution in [3.05, 3.63) is 47.6 Å². The number of amides is 1. The minimum atomic E-state index is -0.213. The number of nitrogens with zero attached hydrogens (tertiary/aromatic N) is 5. The third kappa shape index (κ3) is 3.00. The van der Waals surface area contributed by atoms with Gasteiger partial charge >= 0.3 is 0 Å². The van der Waals surface area contributed by atoms with Crippen LogP contribution < -0.4 is 5.32 Å². The molecule has 1 N–H and O–H groups in total. The lowest BCUT2D eigenvalue weighted by Crippen LogP contribution is -2.17. The molecule has 0 bridgehead atoms. The number of anilines is 1. The Morgan fingerprint density at radius 1 is 1.23 bits per heavy atom. The summed E-state index contributed by atoms with van der Waals surface area (Å²) in [4.78, 5) is 12.1. The average Bonchev–Trinajstić information content (AvgIpc) is 3.10. The predicted octanol–water partition coefficient (Wildman–Crippen LogP) is 1.45. The lowest BCUT2D eigenvalue weighted by atomic mass is 10.3. The molecule has 3 aromatic rings. The maximum atomic E-state index is 12.1. The molecule has 0 unspecified atom stereocenters. The van der Waals surface area contributed by atoms with E-state index in [4.69, 9.17) is 4.52 Å². The van der Waals surface area contributed by atoms with Gasteiger partial charge in [-0.15, -0.1) is 5.10 Å². The first-order valence-electron chi connectivity index (χ1n) is 6.68. The molecule has 0 aliphatic carbocycles. The van der Waals surface area contributed by atoms with Gasteiger partial charge in [-0.3, -0.25) is 4.79 Å². The first-order valence-corrected chi connectivity index (χ1v) is 6.68. The van der Waals surface area contributed by atoms with E-state index in [2.05, 4.69) is 25.8 Å². The zero-order valence-corrected chi connectivity index (χ0v) is 12.1. The topological polar surface area (TPSA) is 98.7 Å². The molecule has 3 aromatic heterocycles. The molecular weight excluding hydrogens is 284 g/mol. The summed E-state index contributed by atoms with van der Waals surface area (Å²) in [6.45, 7) is 3.69. The Bertz CT molecular complexity index is 776. The molecule has 0 fully saturated rings. The van der Waals surface area contributed by atoms with Gasteiger partial charge in [0.2, 0.25) is 5.91 Å². The summed E-state index contributed by atoms with van der Waals surface area (Å²) >= 11 is 0. The number of aryl methyl sites for hydroxylation is 2. The molecule has 0 atom stereocenters. The highest BCUT2D eigenvalue weighted by Gasteiger charge is 2.13. The van der Waals surface area contributed by atoms with Crippen LogP contribution in [0.25, 0.3) is 5.82 Å². The first-order chi connectivity index (χ1) is 10.6. The van der Waals surface area contributed by atoms with E-state index < -0.39 is 0 Å². The van der Waals surface area contributed by atoms with Crippen LogP contribution >= 0.6 is 0 Å². The minimum Gasteiger partial charge on any atom is -0.364 e. The van der Waals surface area contributed by atoms with Gasteiger partial charge in [-0.05, 0) is 26.0 Å². The van der Waals surface area contributed by atoms with Gasteiger partial charge in [-0.25, -0.2) is 0 Å². The van der Waals surface area contributed by atoms with Crippen LogP contribution in [0.1, 0.15) is 17.1 Å². The highest BCUT2D eigenvalue weighted by atomic mass is 16.5. The fraction of sp³-hybridized carbons (Fsp3) is 0.214. The number of hydrogen-bond acceptors (Lipinski definition) is 6. The highest BCUT2D eigenvalue weighted by Crippen LogP contribution is 2.15. The molecule has 0 aliphatic heterocycles. The van der Waals surface area contributed by atoms with Crippen molar-refractivity contribution in [1.82, 2.24) is 25.1 Å². The molecule has 0 aromatic carbocycles. The van der Waals surface area contributed by atoms with Crippen LogP contribution in [0.2, 0.25) is 0 Å². The molecule has 3 rings (SSSR count). The quantitative estimate of drug-likeness (QED) is 0.782. The fourth-order valence-electron chi connectivity index (χ4n) is 1.95. The smallest absolute Gasteiger partial charge is 0.231 e. The van der Waals surface area contributed by atoms with Crippen LogP contribution in [0.5, 0.6) is 0 Å². The Hall–Kier alpha value is -3.03. The maximum Gasteiger partial charge on any atom is 0.231 e. The molecule has 0 saturated heterocycles. The maximum absolute atomic E-state index is 12.1. The Balaban J connectivity index is 1.82. The van der Waals surface area contributed by atoms with Gasteiger partial charge in [-0.2, -0.15) is 14.9 Å². The lowest BCUT2D eigenvalue weighted by molar-refractivity contribution is -0.115. The monoisotopic (exact) mass is 298 g/mol. The van der Waals surface area contributed by atoms with Crippen LogP contribution in [0, 0.1) is 13.8 Å². The summed E-state index contributed by atoms with van der Waals surface area (Å²) in [5.74, 6) is 0.856. The van der Waals surface area contributed by atoms with Gasteiger partial charge in [0, 0.05) is 12.1 Å². The van der Waals surface area contributed by atoms with E-state index in [9.17, 15) is 4.79 Å². The largest absolute Gasteiger partial charge is 0.364 e. The molecule has 112 valence electrons. The number of carbonyl (C=O) groups excluding carboxylic acids is 1. The number of carbonyl (C=O) groups is 1. The molecule has 8 nitrogen and oxygen atoms in total. The van der Waals surface area contributed by atoms with Crippen molar-refractivity contribution in [3.63, 3.8) is 0 Å².